The fraction of sp³-hybridized carbons (Fsp3) is 0.444. The number of nitrogens with one attached hydrogen (secondary N) is 1. The maximum Gasteiger partial charge on any atom is 0.375 e. The second-order valence-corrected chi connectivity index (χ2v) is 3.47. The molecule has 16 heavy (non-hydrogen) atoms. The van der Waals surface area contributed by atoms with Gasteiger partial charge in [-0.3, -0.25) is 0 Å². The number of nitrogens with zero attached hydrogens (tertiary/aromatic N) is 2. The third kappa shape index (κ3) is 1.60. The fourth-order valence-electron chi connectivity index (χ4n) is 1.71. The van der Waals surface area contributed by atoms with E-state index >= 15 is 0 Å². The van der Waals surface area contributed by atoms with Crippen LogP contribution in [0.5, 0.6) is 0 Å². The first-order chi connectivity index (χ1) is 7.63. The number of rotatable bonds is 1. The minimum atomic E-state index is -1.16. The van der Waals surface area contributed by atoms with Crippen molar-refractivity contribution in [3.63, 3.8) is 0 Å². The molecule has 1 aromatic heterocycles. The average Bonchev–Trinajstić information content (AvgIpc) is 2.70. The van der Waals surface area contributed by atoms with Crippen molar-refractivity contribution in [3.8, 4) is 0 Å². The second-order valence-electron chi connectivity index (χ2n) is 3.47. The maximum atomic E-state index is 11.4. The molecular weight excluding hydrogens is 214 g/mol. The van der Waals surface area contributed by atoms with Crippen molar-refractivity contribution in [1.29, 1.82) is 0 Å². The third-order valence-electron chi connectivity index (χ3n) is 2.53. The van der Waals surface area contributed by atoms with Gasteiger partial charge in [0.15, 0.2) is 0 Å². The van der Waals surface area contributed by atoms with Crippen molar-refractivity contribution in [2.24, 2.45) is 0 Å². The molecular formula is C9H11N3O4. The molecule has 1 aliphatic heterocycles. The predicted octanol–water partition coefficient (Wildman–Crippen LogP) is 0.0703. The van der Waals surface area contributed by atoms with Crippen molar-refractivity contribution < 1.29 is 19.2 Å². The summed E-state index contributed by atoms with van der Waals surface area (Å²) in [5, 5.41) is 15.0. The van der Waals surface area contributed by atoms with E-state index in [-0.39, 0.29) is 18.3 Å². The lowest BCUT2D eigenvalue weighted by atomic mass is 10.1. The van der Waals surface area contributed by atoms with Crippen molar-refractivity contribution in [2.75, 3.05) is 13.6 Å². The van der Waals surface area contributed by atoms with E-state index < -0.39 is 5.97 Å². The Morgan fingerprint density at radius 1 is 1.56 bits per heavy atom. The lowest BCUT2D eigenvalue weighted by Crippen LogP contribution is -2.41. The summed E-state index contributed by atoms with van der Waals surface area (Å²) in [5.74, 6) is -1.34. The van der Waals surface area contributed by atoms with E-state index in [1.807, 2.05) is 0 Å². The molecule has 1 aliphatic rings. The van der Waals surface area contributed by atoms with Gasteiger partial charge in [-0.2, -0.15) is 0 Å². The minimum Gasteiger partial charge on any atom is -0.475 e. The van der Waals surface area contributed by atoms with Crippen LogP contribution in [0.3, 0.4) is 0 Å². The number of aromatic nitrogens is 1. The Balaban J connectivity index is 2.27. The summed E-state index contributed by atoms with van der Waals surface area (Å²) < 4.78 is 4.73. The van der Waals surface area contributed by atoms with E-state index in [1.165, 1.54) is 11.9 Å². The predicted molar refractivity (Wildman–Crippen MR) is 52.0 cm³/mol. The van der Waals surface area contributed by atoms with Gasteiger partial charge in [-0.1, -0.05) is 5.16 Å². The summed E-state index contributed by atoms with van der Waals surface area (Å²) in [6.07, 6.45) is 0.513. The van der Waals surface area contributed by atoms with Gasteiger partial charge in [0.05, 0.1) is 12.2 Å². The van der Waals surface area contributed by atoms with Crippen LogP contribution in [-0.2, 0) is 13.0 Å². The highest BCUT2D eigenvalue weighted by atomic mass is 16.5. The van der Waals surface area contributed by atoms with Gasteiger partial charge in [0.1, 0.15) is 0 Å². The van der Waals surface area contributed by atoms with Crippen LogP contribution in [-0.4, -0.2) is 40.8 Å². The van der Waals surface area contributed by atoms with Crippen molar-refractivity contribution in [3.05, 3.63) is 17.0 Å². The van der Waals surface area contributed by atoms with Crippen LogP contribution < -0.4 is 5.32 Å². The van der Waals surface area contributed by atoms with Crippen LogP contribution in [0.25, 0.3) is 0 Å². The number of amides is 2. The average molecular weight is 225 g/mol. The molecule has 7 heteroatoms. The maximum absolute atomic E-state index is 11.4. The fourth-order valence-corrected chi connectivity index (χ4v) is 1.71. The largest absolute Gasteiger partial charge is 0.475 e. The summed E-state index contributed by atoms with van der Waals surface area (Å²) in [7, 11) is 1.53. The summed E-state index contributed by atoms with van der Waals surface area (Å²) >= 11 is 0. The number of carbonyl (C=O) groups is 2. The monoisotopic (exact) mass is 225 g/mol. The van der Waals surface area contributed by atoms with Gasteiger partial charge in [-0.05, 0) is 0 Å². The third-order valence-corrected chi connectivity index (χ3v) is 2.53. The molecule has 0 fully saturated rings. The number of fused-ring (bicyclic) bond motifs is 1. The Labute approximate surface area is 91.0 Å². The Kier molecular flexibility index (Phi) is 2.51. The molecule has 2 rings (SSSR count). The second kappa shape index (κ2) is 3.84. The Hall–Kier alpha value is -2.05. The van der Waals surface area contributed by atoms with E-state index in [2.05, 4.69) is 10.5 Å². The highest BCUT2D eigenvalue weighted by molar-refractivity contribution is 5.86. The molecule has 0 atom stereocenters. The number of hydrogen-bond acceptors (Lipinski definition) is 4. The summed E-state index contributed by atoms with van der Waals surface area (Å²) in [4.78, 5) is 23.7. The molecule has 2 N–H and O–H groups in total. The lowest BCUT2D eigenvalue weighted by Gasteiger charge is -2.25. The van der Waals surface area contributed by atoms with Crippen LogP contribution in [0.15, 0.2) is 4.52 Å². The highest BCUT2D eigenvalue weighted by Gasteiger charge is 2.29. The summed E-state index contributed by atoms with van der Waals surface area (Å²) in [6, 6.07) is -0.233. The van der Waals surface area contributed by atoms with E-state index in [1.54, 1.807) is 0 Å². The van der Waals surface area contributed by atoms with Gasteiger partial charge in [-0.25, -0.2) is 9.59 Å². The van der Waals surface area contributed by atoms with E-state index in [9.17, 15) is 9.59 Å². The molecule has 0 aliphatic carbocycles. The van der Waals surface area contributed by atoms with Gasteiger partial charge in [-0.15, -0.1) is 0 Å². The first kappa shape index (κ1) is 10.5. The van der Waals surface area contributed by atoms with Crippen LogP contribution in [0.4, 0.5) is 4.79 Å². The number of urea groups is 1. The SMILES string of the molecule is CNC(=O)N1CCc2noc(C(=O)O)c2C1. The molecule has 0 bridgehead atoms. The minimum absolute atomic E-state index is 0.177. The first-order valence-electron chi connectivity index (χ1n) is 4.81. The standard InChI is InChI=1S/C9H11N3O4/c1-10-9(15)12-3-2-6-5(4-12)7(8(13)14)16-11-6/h2-4H2,1H3,(H,10,15)(H,13,14). The van der Waals surface area contributed by atoms with Crippen LogP contribution >= 0.6 is 0 Å². The molecule has 0 radical (unpaired) electrons. The van der Waals surface area contributed by atoms with Crippen molar-refractivity contribution in [1.82, 2.24) is 15.4 Å². The molecule has 2 heterocycles. The van der Waals surface area contributed by atoms with Gasteiger partial charge >= 0.3 is 12.0 Å². The van der Waals surface area contributed by atoms with Gasteiger partial charge in [0.2, 0.25) is 5.76 Å². The molecule has 86 valence electrons. The number of carbonyl (C=O) groups excluding carboxylic acids is 1. The molecule has 0 unspecified atom stereocenters. The van der Waals surface area contributed by atoms with Crippen LogP contribution in [0, 0.1) is 0 Å². The molecule has 0 spiro atoms. The highest BCUT2D eigenvalue weighted by Crippen LogP contribution is 2.22. The topological polar surface area (TPSA) is 95.7 Å². The zero-order chi connectivity index (χ0) is 11.7. The molecule has 0 saturated heterocycles. The first-order valence-corrected chi connectivity index (χ1v) is 4.81. The normalized spacial score (nSPS) is 14.4. The molecule has 0 saturated carbocycles. The quantitative estimate of drug-likeness (QED) is 0.705. The van der Waals surface area contributed by atoms with E-state index in [0.29, 0.717) is 24.2 Å². The van der Waals surface area contributed by atoms with Crippen LogP contribution in [0.1, 0.15) is 21.8 Å². The zero-order valence-corrected chi connectivity index (χ0v) is 8.69. The van der Waals surface area contributed by atoms with Crippen molar-refractivity contribution >= 4 is 12.0 Å². The van der Waals surface area contributed by atoms with E-state index in [0.717, 1.165) is 0 Å². The van der Waals surface area contributed by atoms with E-state index in [4.69, 9.17) is 9.63 Å². The zero-order valence-electron chi connectivity index (χ0n) is 8.69. The number of carboxylic acid groups (broad SMARTS) is 1. The molecule has 2 amide bonds. The summed E-state index contributed by atoms with van der Waals surface area (Å²) in [6.45, 7) is 0.735. The Morgan fingerprint density at radius 2 is 2.31 bits per heavy atom. The smallest absolute Gasteiger partial charge is 0.375 e. The van der Waals surface area contributed by atoms with Gasteiger partial charge < -0.3 is 19.8 Å². The Bertz CT molecular complexity index is 440. The van der Waals surface area contributed by atoms with Crippen LogP contribution in [0.2, 0.25) is 0 Å². The van der Waals surface area contributed by atoms with Crippen molar-refractivity contribution in [2.45, 2.75) is 13.0 Å². The lowest BCUT2D eigenvalue weighted by molar-refractivity contribution is 0.0649. The number of carboxylic acids is 1. The summed E-state index contributed by atoms with van der Waals surface area (Å²) in [5.41, 5.74) is 1.11. The Morgan fingerprint density at radius 3 is 2.94 bits per heavy atom. The number of hydrogen-bond donors (Lipinski definition) is 2. The van der Waals surface area contributed by atoms with Gasteiger partial charge in [0, 0.05) is 25.6 Å². The molecule has 7 nitrogen and oxygen atoms in total. The number of aromatic carboxylic acids is 1. The molecule has 1 aromatic rings. The van der Waals surface area contributed by atoms with Gasteiger partial charge in [0.25, 0.3) is 0 Å². The molecule has 0 aromatic carbocycles.